The normalized spacial score (nSPS) is 31.0. The highest BCUT2D eigenvalue weighted by Gasteiger charge is 2.48. The minimum atomic E-state index is -0.348. The first-order chi connectivity index (χ1) is 9.51. The van der Waals surface area contributed by atoms with Crippen LogP contribution < -0.4 is 5.73 Å². The first-order valence-corrected chi connectivity index (χ1v) is 7.66. The number of aliphatic imine (C=N–C) groups is 1. The molecular weight excluding hydrogens is 254 g/mol. The number of nitrogens with two attached hydrogens (primary N) is 1. The largest absolute Gasteiger partial charge is 0.385 e. The van der Waals surface area contributed by atoms with Crippen LogP contribution in [0.3, 0.4) is 0 Å². The molecular formula is C15H27N3O2. The second-order valence-electron chi connectivity index (χ2n) is 6.39. The van der Waals surface area contributed by atoms with E-state index in [1.807, 2.05) is 4.90 Å². The number of ether oxygens (including phenoxy) is 1. The molecule has 1 heterocycles. The molecule has 20 heavy (non-hydrogen) atoms. The van der Waals surface area contributed by atoms with Crippen LogP contribution in [0, 0.1) is 11.8 Å². The average molecular weight is 281 g/mol. The molecule has 2 unspecified atom stereocenters. The summed E-state index contributed by atoms with van der Waals surface area (Å²) in [4.78, 5) is 18.0. The summed E-state index contributed by atoms with van der Waals surface area (Å²) in [7, 11) is 1.65. The number of carbonyl (C=O) groups excluding carboxylic acids is 1. The summed E-state index contributed by atoms with van der Waals surface area (Å²) in [6.45, 7) is 5.67. The second kappa shape index (κ2) is 6.12. The number of amidine groups is 1. The van der Waals surface area contributed by atoms with E-state index in [0.717, 1.165) is 31.6 Å². The van der Waals surface area contributed by atoms with Crippen LogP contribution in [0.5, 0.6) is 0 Å². The number of nitrogens with zero attached hydrogens (tertiary/aromatic N) is 2. The first-order valence-electron chi connectivity index (χ1n) is 7.66. The number of carbonyl (C=O) groups is 1. The first kappa shape index (κ1) is 15.3. The van der Waals surface area contributed by atoms with Crippen molar-refractivity contribution in [2.45, 2.75) is 51.5 Å². The number of rotatable bonds is 4. The van der Waals surface area contributed by atoms with Gasteiger partial charge in [0.1, 0.15) is 11.4 Å². The molecule has 0 aromatic carbocycles. The monoisotopic (exact) mass is 281 g/mol. The third-order valence-corrected chi connectivity index (χ3v) is 5.00. The molecule has 5 heteroatoms. The van der Waals surface area contributed by atoms with E-state index in [1.54, 1.807) is 7.11 Å². The minimum absolute atomic E-state index is 0.192. The fourth-order valence-electron chi connectivity index (χ4n) is 3.62. The molecule has 1 fully saturated rings. The average Bonchev–Trinajstić information content (AvgIpc) is 2.58. The van der Waals surface area contributed by atoms with Gasteiger partial charge in [-0.15, -0.1) is 0 Å². The highest BCUT2D eigenvalue weighted by Crippen LogP contribution is 2.40. The quantitative estimate of drug-likeness (QED) is 0.860. The van der Waals surface area contributed by atoms with Gasteiger partial charge >= 0.3 is 6.03 Å². The van der Waals surface area contributed by atoms with Crippen molar-refractivity contribution in [1.82, 2.24) is 4.90 Å². The Morgan fingerprint density at radius 1 is 1.45 bits per heavy atom. The zero-order valence-electron chi connectivity index (χ0n) is 12.9. The lowest BCUT2D eigenvalue weighted by Crippen LogP contribution is -2.54. The van der Waals surface area contributed by atoms with Crippen LogP contribution in [0.15, 0.2) is 4.99 Å². The lowest BCUT2D eigenvalue weighted by atomic mass is 9.85. The van der Waals surface area contributed by atoms with Gasteiger partial charge in [0.2, 0.25) is 0 Å². The van der Waals surface area contributed by atoms with Crippen LogP contribution in [-0.4, -0.2) is 42.6 Å². The van der Waals surface area contributed by atoms with Gasteiger partial charge in [-0.25, -0.2) is 4.79 Å². The van der Waals surface area contributed by atoms with Gasteiger partial charge in [0.15, 0.2) is 0 Å². The van der Waals surface area contributed by atoms with Gasteiger partial charge < -0.3 is 15.4 Å². The van der Waals surface area contributed by atoms with Crippen LogP contribution in [0.4, 0.5) is 4.79 Å². The summed E-state index contributed by atoms with van der Waals surface area (Å²) in [6.07, 6.45) is 5.31. The smallest absolute Gasteiger partial charge is 0.346 e. The third-order valence-electron chi connectivity index (χ3n) is 5.00. The summed E-state index contributed by atoms with van der Waals surface area (Å²) in [6, 6.07) is -0.192. The predicted molar refractivity (Wildman–Crippen MR) is 79.7 cm³/mol. The Morgan fingerprint density at radius 2 is 2.20 bits per heavy atom. The van der Waals surface area contributed by atoms with E-state index < -0.39 is 0 Å². The van der Waals surface area contributed by atoms with Gasteiger partial charge in [-0.05, 0) is 31.1 Å². The summed E-state index contributed by atoms with van der Waals surface area (Å²) >= 11 is 0. The van der Waals surface area contributed by atoms with Gasteiger partial charge in [-0.1, -0.05) is 26.7 Å². The van der Waals surface area contributed by atoms with Crippen LogP contribution in [0.1, 0.15) is 46.0 Å². The van der Waals surface area contributed by atoms with E-state index in [0.29, 0.717) is 24.9 Å². The van der Waals surface area contributed by atoms with Crippen molar-refractivity contribution >= 4 is 11.9 Å². The molecule has 0 aromatic heterocycles. The highest BCUT2D eigenvalue weighted by atomic mass is 16.5. The molecule has 2 rings (SSSR count). The van der Waals surface area contributed by atoms with Gasteiger partial charge in [0.05, 0.1) is 6.61 Å². The zero-order chi connectivity index (χ0) is 14.8. The molecule has 114 valence electrons. The Hall–Kier alpha value is -1.10. The molecule has 2 aliphatic rings. The van der Waals surface area contributed by atoms with Crippen molar-refractivity contribution in [2.24, 2.45) is 22.6 Å². The molecule has 1 aliphatic heterocycles. The summed E-state index contributed by atoms with van der Waals surface area (Å²) in [5.41, 5.74) is 5.79. The molecule has 0 saturated heterocycles. The minimum Gasteiger partial charge on any atom is -0.385 e. The fourth-order valence-corrected chi connectivity index (χ4v) is 3.62. The van der Waals surface area contributed by atoms with Crippen LogP contribution >= 0.6 is 0 Å². The van der Waals surface area contributed by atoms with Crippen LogP contribution in [0.2, 0.25) is 0 Å². The standard InChI is InChI=1S/C15H27N3O2/c1-11(2)12-5-4-7-15(8-6-12)13(16)17-14(19)18(15)9-10-20-3/h11-12H,4-10H2,1-3H3,(H2,16,17,19). The van der Waals surface area contributed by atoms with E-state index >= 15 is 0 Å². The van der Waals surface area contributed by atoms with Crippen molar-refractivity contribution in [2.75, 3.05) is 20.3 Å². The molecule has 2 atom stereocenters. The van der Waals surface area contributed by atoms with E-state index in [-0.39, 0.29) is 11.6 Å². The Labute approximate surface area is 121 Å². The zero-order valence-corrected chi connectivity index (χ0v) is 12.9. The van der Waals surface area contributed by atoms with Crippen molar-refractivity contribution in [3.63, 3.8) is 0 Å². The van der Waals surface area contributed by atoms with E-state index in [1.165, 1.54) is 6.42 Å². The Morgan fingerprint density at radius 3 is 2.85 bits per heavy atom. The molecule has 1 saturated carbocycles. The molecule has 0 aromatic rings. The van der Waals surface area contributed by atoms with Crippen molar-refractivity contribution in [3.8, 4) is 0 Å². The Bertz CT molecular complexity index is 395. The van der Waals surface area contributed by atoms with Gasteiger partial charge in [0, 0.05) is 13.7 Å². The van der Waals surface area contributed by atoms with Crippen LogP contribution in [0.25, 0.3) is 0 Å². The number of urea groups is 1. The van der Waals surface area contributed by atoms with Crippen molar-refractivity contribution in [1.29, 1.82) is 0 Å². The van der Waals surface area contributed by atoms with Gasteiger partial charge in [-0.2, -0.15) is 4.99 Å². The molecule has 1 spiro atoms. The summed E-state index contributed by atoms with van der Waals surface area (Å²) in [5, 5.41) is 0. The van der Waals surface area contributed by atoms with Crippen molar-refractivity contribution in [3.05, 3.63) is 0 Å². The van der Waals surface area contributed by atoms with Crippen molar-refractivity contribution < 1.29 is 9.53 Å². The van der Waals surface area contributed by atoms with Gasteiger partial charge in [-0.3, -0.25) is 0 Å². The van der Waals surface area contributed by atoms with E-state index in [2.05, 4.69) is 18.8 Å². The number of hydrogen-bond acceptors (Lipinski definition) is 3. The van der Waals surface area contributed by atoms with Crippen LogP contribution in [-0.2, 0) is 4.74 Å². The second-order valence-corrected chi connectivity index (χ2v) is 6.39. The third kappa shape index (κ3) is 2.68. The maximum Gasteiger partial charge on any atom is 0.346 e. The Balaban J connectivity index is 2.17. The highest BCUT2D eigenvalue weighted by molar-refractivity contribution is 6.05. The van der Waals surface area contributed by atoms with Gasteiger partial charge in [0.25, 0.3) is 0 Å². The summed E-state index contributed by atoms with van der Waals surface area (Å²) < 4.78 is 5.13. The van der Waals surface area contributed by atoms with E-state index in [4.69, 9.17) is 10.5 Å². The summed E-state index contributed by atoms with van der Waals surface area (Å²) in [5.74, 6) is 1.93. The number of methoxy groups -OCH3 is 1. The molecule has 1 aliphatic carbocycles. The maximum atomic E-state index is 12.1. The Kier molecular flexibility index (Phi) is 4.68. The lowest BCUT2D eigenvalue weighted by molar-refractivity contribution is 0.115. The molecule has 5 nitrogen and oxygen atoms in total. The topological polar surface area (TPSA) is 67.9 Å². The molecule has 0 bridgehead atoms. The fraction of sp³-hybridized carbons (Fsp3) is 0.867. The molecule has 0 radical (unpaired) electrons. The number of amides is 2. The molecule has 2 N–H and O–H groups in total. The molecule has 2 amide bonds. The maximum absolute atomic E-state index is 12.1. The SMILES string of the molecule is COCCN1C(=O)N=C(N)C12CCCC(C(C)C)CC2. The number of hydrogen-bond donors (Lipinski definition) is 1. The predicted octanol–water partition coefficient (Wildman–Crippen LogP) is 2.40. The lowest BCUT2D eigenvalue weighted by Gasteiger charge is -2.37. The van der Waals surface area contributed by atoms with E-state index in [9.17, 15) is 4.79 Å².